The number of nitrogens with one attached hydrogen (secondary N) is 1. The lowest BCUT2D eigenvalue weighted by Crippen LogP contribution is -2.20. The molecule has 0 fully saturated rings. The summed E-state index contributed by atoms with van der Waals surface area (Å²) in [5.74, 6) is 0.852. The van der Waals surface area contributed by atoms with Crippen LogP contribution in [0.1, 0.15) is 5.56 Å². The topological polar surface area (TPSA) is 77.2 Å². The van der Waals surface area contributed by atoms with Crippen molar-refractivity contribution >= 4 is 33.3 Å². The van der Waals surface area contributed by atoms with E-state index in [-0.39, 0.29) is 12.5 Å². The van der Waals surface area contributed by atoms with Gasteiger partial charge in [-0.3, -0.25) is 4.79 Å². The molecule has 0 radical (unpaired) electrons. The summed E-state index contributed by atoms with van der Waals surface area (Å²) in [5.41, 5.74) is 7.20. The third-order valence-electron chi connectivity index (χ3n) is 2.55. The molecule has 2 rings (SSSR count). The Hall–Kier alpha value is -2.08. The average molecular weight is 336 g/mol. The Labute approximate surface area is 125 Å². The molecule has 1 heterocycles. The maximum absolute atomic E-state index is 11.7. The number of carbonyl (C=O) groups excluding carboxylic acids is 1. The number of benzene rings is 1. The van der Waals surface area contributed by atoms with Crippen LogP contribution in [0.15, 0.2) is 41.0 Å². The van der Waals surface area contributed by atoms with Gasteiger partial charge in [0, 0.05) is 16.4 Å². The van der Waals surface area contributed by atoms with Crippen LogP contribution >= 0.6 is 15.9 Å². The molecule has 20 heavy (non-hydrogen) atoms. The molecule has 5 nitrogen and oxygen atoms in total. The van der Waals surface area contributed by atoms with Crippen LogP contribution in [0.3, 0.4) is 0 Å². The van der Waals surface area contributed by atoms with Gasteiger partial charge in [-0.2, -0.15) is 0 Å². The molecule has 1 aromatic carbocycles. The molecular weight excluding hydrogens is 322 g/mol. The van der Waals surface area contributed by atoms with Crippen LogP contribution in [0.5, 0.6) is 5.75 Å². The molecule has 0 aliphatic heterocycles. The zero-order valence-corrected chi connectivity index (χ0v) is 12.5. The highest BCUT2D eigenvalue weighted by atomic mass is 79.9. The molecule has 0 atom stereocenters. The van der Waals surface area contributed by atoms with Crippen LogP contribution in [0.25, 0.3) is 0 Å². The number of aromatic nitrogens is 1. The summed E-state index contributed by atoms with van der Waals surface area (Å²) in [6.45, 7) is 1.79. The third-order valence-corrected chi connectivity index (χ3v) is 3.02. The molecule has 0 aliphatic rings. The second-order valence-corrected chi connectivity index (χ2v) is 5.14. The van der Waals surface area contributed by atoms with E-state index < -0.39 is 0 Å². The van der Waals surface area contributed by atoms with Gasteiger partial charge in [-0.25, -0.2) is 4.98 Å². The Morgan fingerprint density at radius 3 is 2.85 bits per heavy atom. The molecule has 1 amide bonds. The van der Waals surface area contributed by atoms with Gasteiger partial charge in [0.15, 0.2) is 6.61 Å². The number of hydrogen-bond donors (Lipinski definition) is 2. The number of hydrogen-bond acceptors (Lipinski definition) is 4. The molecule has 0 saturated heterocycles. The Morgan fingerprint density at radius 1 is 1.40 bits per heavy atom. The van der Waals surface area contributed by atoms with Crippen LogP contribution in [0.2, 0.25) is 0 Å². The van der Waals surface area contributed by atoms with Crippen LogP contribution in [0.4, 0.5) is 11.5 Å². The van der Waals surface area contributed by atoms with Crippen LogP contribution in [-0.2, 0) is 4.79 Å². The monoisotopic (exact) mass is 335 g/mol. The number of pyridine rings is 1. The molecule has 0 spiro atoms. The maximum atomic E-state index is 11.7. The molecular formula is C14H14BrN3O2. The van der Waals surface area contributed by atoms with Crippen LogP contribution in [-0.4, -0.2) is 17.5 Å². The highest BCUT2D eigenvalue weighted by molar-refractivity contribution is 9.10. The summed E-state index contributed by atoms with van der Waals surface area (Å²) in [5, 5.41) is 2.65. The number of halogens is 1. The lowest BCUT2D eigenvalue weighted by molar-refractivity contribution is -0.118. The van der Waals surface area contributed by atoms with Gasteiger partial charge in [0.25, 0.3) is 5.91 Å². The number of ether oxygens (including phenoxy) is 1. The minimum absolute atomic E-state index is 0.0809. The summed E-state index contributed by atoms with van der Waals surface area (Å²) < 4.78 is 6.30. The number of rotatable bonds is 4. The lowest BCUT2D eigenvalue weighted by Gasteiger charge is -2.09. The van der Waals surface area contributed by atoms with Crippen molar-refractivity contribution in [3.05, 3.63) is 46.6 Å². The zero-order valence-electron chi connectivity index (χ0n) is 10.9. The number of nitrogens with zero attached hydrogens (tertiary/aromatic N) is 1. The van der Waals surface area contributed by atoms with E-state index in [0.29, 0.717) is 17.3 Å². The number of aryl methyl sites for hydroxylation is 1. The standard InChI is InChI=1S/C14H14BrN3O2/c1-9-6-11(16)3-4-12(9)20-8-14(19)18-13-5-2-10(15)7-17-13/h2-7H,8,16H2,1H3,(H,17,18,19). The van der Waals surface area contributed by atoms with Gasteiger partial charge in [-0.15, -0.1) is 0 Å². The second kappa shape index (κ2) is 6.38. The molecule has 0 bridgehead atoms. The number of anilines is 2. The van der Waals surface area contributed by atoms with Gasteiger partial charge in [-0.05, 0) is 58.7 Å². The predicted molar refractivity (Wildman–Crippen MR) is 81.7 cm³/mol. The first-order valence-electron chi connectivity index (χ1n) is 5.95. The number of amides is 1. The Bertz CT molecular complexity index is 614. The third kappa shape index (κ3) is 3.96. The number of nitrogen functional groups attached to an aromatic ring is 1. The SMILES string of the molecule is Cc1cc(N)ccc1OCC(=O)Nc1ccc(Br)cn1. The van der Waals surface area contributed by atoms with Crippen molar-refractivity contribution in [3.8, 4) is 5.75 Å². The van der Waals surface area contributed by atoms with E-state index in [4.69, 9.17) is 10.5 Å². The average Bonchev–Trinajstić information content (AvgIpc) is 2.40. The predicted octanol–water partition coefficient (Wildman–Crippen LogP) is 2.75. The van der Waals surface area contributed by atoms with Gasteiger partial charge in [-0.1, -0.05) is 0 Å². The lowest BCUT2D eigenvalue weighted by atomic mass is 10.2. The largest absolute Gasteiger partial charge is 0.483 e. The maximum Gasteiger partial charge on any atom is 0.263 e. The second-order valence-electron chi connectivity index (χ2n) is 4.22. The van der Waals surface area contributed by atoms with Crippen LogP contribution in [0, 0.1) is 6.92 Å². The molecule has 2 aromatic rings. The van der Waals surface area contributed by atoms with Crippen molar-refractivity contribution in [2.75, 3.05) is 17.7 Å². The van der Waals surface area contributed by atoms with E-state index in [2.05, 4.69) is 26.2 Å². The van der Waals surface area contributed by atoms with Crippen molar-refractivity contribution in [1.29, 1.82) is 0 Å². The van der Waals surface area contributed by atoms with E-state index in [9.17, 15) is 4.79 Å². The first-order chi connectivity index (χ1) is 9.54. The van der Waals surface area contributed by atoms with E-state index in [1.165, 1.54) is 0 Å². The van der Waals surface area contributed by atoms with Crippen LogP contribution < -0.4 is 15.8 Å². The van der Waals surface area contributed by atoms with Gasteiger partial charge >= 0.3 is 0 Å². The van der Waals surface area contributed by atoms with Gasteiger partial charge in [0.05, 0.1) is 0 Å². The molecule has 0 aliphatic carbocycles. The minimum atomic E-state index is -0.268. The fraction of sp³-hybridized carbons (Fsp3) is 0.143. The number of nitrogens with two attached hydrogens (primary N) is 1. The Morgan fingerprint density at radius 2 is 2.20 bits per heavy atom. The van der Waals surface area contributed by atoms with Crippen molar-refractivity contribution in [1.82, 2.24) is 4.98 Å². The molecule has 3 N–H and O–H groups in total. The first-order valence-corrected chi connectivity index (χ1v) is 6.74. The van der Waals surface area contributed by atoms with Gasteiger partial charge in [0.1, 0.15) is 11.6 Å². The minimum Gasteiger partial charge on any atom is -0.483 e. The molecule has 0 unspecified atom stereocenters. The highest BCUT2D eigenvalue weighted by Gasteiger charge is 2.06. The fourth-order valence-electron chi connectivity index (χ4n) is 1.61. The summed E-state index contributed by atoms with van der Waals surface area (Å²) in [6.07, 6.45) is 1.61. The normalized spacial score (nSPS) is 10.1. The van der Waals surface area contributed by atoms with Gasteiger partial charge in [0.2, 0.25) is 0 Å². The van der Waals surface area contributed by atoms with Gasteiger partial charge < -0.3 is 15.8 Å². The van der Waals surface area contributed by atoms with E-state index in [0.717, 1.165) is 10.0 Å². The van der Waals surface area contributed by atoms with Crippen molar-refractivity contribution in [2.24, 2.45) is 0 Å². The Kier molecular flexibility index (Phi) is 4.57. The summed E-state index contributed by atoms with van der Waals surface area (Å²) in [6, 6.07) is 8.78. The van der Waals surface area contributed by atoms with E-state index in [1.54, 1.807) is 36.5 Å². The molecule has 6 heteroatoms. The Balaban J connectivity index is 1.90. The molecule has 0 saturated carbocycles. The first kappa shape index (κ1) is 14.3. The summed E-state index contributed by atoms with van der Waals surface area (Å²) in [4.78, 5) is 15.8. The fourth-order valence-corrected chi connectivity index (χ4v) is 1.84. The quantitative estimate of drug-likeness (QED) is 0.842. The molecule has 104 valence electrons. The van der Waals surface area contributed by atoms with E-state index >= 15 is 0 Å². The smallest absolute Gasteiger partial charge is 0.263 e. The summed E-state index contributed by atoms with van der Waals surface area (Å²) >= 11 is 3.28. The van der Waals surface area contributed by atoms with Crippen molar-refractivity contribution < 1.29 is 9.53 Å². The van der Waals surface area contributed by atoms with E-state index in [1.807, 2.05) is 6.92 Å². The summed E-state index contributed by atoms with van der Waals surface area (Å²) in [7, 11) is 0. The zero-order chi connectivity index (χ0) is 14.5. The highest BCUT2D eigenvalue weighted by Crippen LogP contribution is 2.20. The molecule has 1 aromatic heterocycles. The number of carbonyl (C=O) groups is 1. The van der Waals surface area contributed by atoms with Crippen molar-refractivity contribution in [3.63, 3.8) is 0 Å². The van der Waals surface area contributed by atoms with Crippen molar-refractivity contribution in [2.45, 2.75) is 6.92 Å².